The quantitative estimate of drug-likeness (QED) is 0.247. The van der Waals surface area contributed by atoms with Gasteiger partial charge in [0.25, 0.3) is 0 Å². The SMILES string of the molecule is COc1ccc(SCCCC(=O)N(CCn2cccn2)c2nc3ccccc3s2)cc1. The molecule has 2 aromatic carbocycles. The van der Waals surface area contributed by atoms with Crippen LogP contribution in [0.1, 0.15) is 12.8 Å². The Morgan fingerprint density at radius 1 is 1.16 bits per heavy atom. The van der Waals surface area contributed by atoms with E-state index in [4.69, 9.17) is 9.72 Å². The maximum Gasteiger partial charge on any atom is 0.228 e. The number of aromatic nitrogens is 3. The maximum atomic E-state index is 13.1. The molecule has 0 aliphatic carbocycles. The smallest absolute Gasteiger partial charge is 0.228 e. The molecule has 8 heteroatoms. The number of thiazole rings is 1. The predicted octanol–water partition coefficient (Wildman–Crippen LogP) is 5.11. The third-order valence-electron chi connectivity index (χ3n) is 4.79. The van der Waals surface area contributed by atoms with Crippen molar-refractivity contribution in [3.05, 3.63) is 67.0 Å². The van der Waals surface area contributed by atoms with Crippen LogP contribution in [0.15, 0.2) is 71.9 Å². The highest BCUT2D eigenvalue weighted by Crippen LogP contribution is 2.29. The summed E-state index contributed by atoms with van der Waals surface area (Å²) in [6.45, 7) is 1.18. The molecule has 0 aliphatic heterocycles. The van der Waals surface area contributed by atoms with Crippen LogP contribution in [0.4, 0.5) is 5.13 Å². The molecule has 0 radical (unpaired) electrons. The van der Waals surface area contributed by atoms with E-state index >= 15 is 0 Å². The van der Waals surface area contributed by atoms with E-state index in [1.807, 2.05) is 70.4 Å². The van der Waals surface area contributed by atoms with Crippen LogP contribution in [0.5, 0.6) is 5.75 Å². The molecular weight excluding hydrogens is 428 g/mol. The normalized spacial score (nSPS) is 11.0. The lowest BCUT2D eigenvalue weighted by Crippen LogP contribution is -2.34. The van der Waals surface area contributed by atoms with Crippen molar-refractivity contribution in [2.45, 2.75) is 24.3 Å². The van der Waals surface area contributed by atoms with Gasteiger partial charge in [0.15, 0.2) is 5.13 Å². The highest BCUT2D eigenvalue weighted by molar-refractivity contribution is 7.99. The van der Waals surface area contributed by atoms with Crippen LogP contribution >= 0.6 is 23.1 Å². The Labute approximate surface area is 189 Å². The van der Waals surface area contributed by atoms with E-state index in [0.717, 1.165) is 33.3 Å². The molecule has 0 unspecified atom stereocenters. The molecule has 0 aliphatic rings. The number of anilines is 1. The molecule has 6 nitrogen and oxygen atoms in total. The summed E-state index contributed by atoms with van der Waals surface area (Å²) < 4.78 is 8.12. The molecule has 0 saturated heterocycles. The number of amides is 1. The molecule has 0 saturated carbocycles. The second kappa shape index (κ2) is 10.5. The number of carbonyl (C=O) groups excluding carboxylic acids is 1. The van der Waals surface area contributed by atoms with Crippen LogP contribution in [-0.2, 0) is 11.3 Å². The Balaban J connectivity index is 1.38. The summed E-state index contributed by atoms with van der Waals surface area (Å²) in [5, 5.41) is 5.01. The van der Waals surface area contributed by atoms with E-state index in [1.54, 1.807) is 36.4 Å². The number of carbonyl (C=O) groups is 1. The first-order chi connectivity index (χ1) is 15.2. The van der Waals surface area contributed by atoms with E-state index in [9.17, 15) is 4.79 Å². The Hall–Kier alpha value is -2.84. The molecule has 4 aromatic rings. The fourth-order valence-corrected chi connectivity index (χ4v) is 5.02. The van der Waals surface area contributed by atoms with Gasteiger partial charge in [0.1, 0.15) is 5.75 Å². The van der Waals surface area contributed by atoms with E-state index in [2.05, 4.69) is 5.10 Å². The predicted molar refractivity (Wildman–Crippen MR) is 127 cm³/mol. The average Bonchev–Trinajstić information content (AvgIpc) is 3.47. The first kappa shape index (κ1) is 21.4. The topological polar surface area (TPSA) is 60.2 Å². The van der Waals surface area contributed by atoms with Crippen molar-refractivity contribution in [2.24, 2.45) is 0 Å². The molecule has 31 heavy (non-hydrogen) atoms. The molecule has 2 heterocycles. The first-order valence-electron chi connectivity index (χ1n) is 10.1. The second-order valence-electron chi connectivity index (χ2n) is 6.91. The fraction of sp³-hybridized carbons (Fsp3) is 0.261. The molecule has 4 rings (SSSR count). The van der Waals surface area contributed by atoms with Crippen LogP contribution < -0.4 is 9.64 Å². The minimum Gasteiger partial charge on any atom is -0.497 e. The molecule has 0 N–H and O–H groups in total. The Morgan fingerprint density at radius 2 is 2.00 bits per heavy atom. The second-order valence-corrected chi connectivity index (χ2v) is 9.08. The average molecular weight is 453 g/mol. The van der Waals surface area contributed by atoms with Crippen LogP contribution in [0, 0.1) is 0 Å². The number of rotatable bonds is 10. The number of hydrogen-bond donors (Lipinski definition) is 0. The summed E-state index contributed by atoms with van der Waals surface area (Å²) >= 11 is 3.31. The van der Waals surface area contributed by atoms with E-state index < -0.39 is 0 Å². The van der Waals surface area contributed by atoms with Gasteiger partial charge in [-0.2, -0.15) is 5.10 Å². The van der Waals surface area contributed by atoms with Gasteiger partial charge in [0.2, 0.25) is 5.91 Å². The summed E-state index contributed by atoms with van der Waals surface area (Å²) in [6.07, 6.45) is 4.95. The van der Waals surface area contributed by atoms with Crippen LogP contribution in [0.25, 0.3) is 10.2 Å². The van der Waals surface area contributed by atoms with Crippen molar-refractivity contribution < 1.29 is 9.53 Å². The van der Waals surface area contributed by atoms with Gasteiger partial charge >= 0.3 is 0 Å². The third kappa shape index (κ3) is 5.65. The third-order valence-corrected chi connectivity index (χ3v) is 6.95. The molecule has 0 bridgehead atoms. The van der Waals surface area contributed by atoms with E-state index in [0.29, 0.717) is 19.5 Å². The zero-order valence-corrected chi connectivity index (χ0v) is 18.9. The van der Waals surface area contributed by atoms with Gasteiger partial charge in [-0.05, 0) is 54.6 Å². The number of ether oxygens (including phenoxy) is 1. The van der Waals surface area contributed by atoms with Crippen molar-refractivity contribution in [1.29, 1.82) is 0 Å². The van der Waals surface area contributed by atoms with E-state index in [-0.39, 0.29) is 5.91 Å². The Bertz CT molecular complexity index is 1080. The minimum absolute atomic E-state index is 0.0987. The number of thioether (sulfide) groups is 1. The number of benzene rings is 2. The van der Waals surface area contributed by atoms with Gasteiger partial charge in [-0.15, -0.1) is 11.8 Å². The fourth-order valence-electron chi connectivity index (χ4n) is 3.16. The largest absolute Gasteiger partial charge is 0.497 e. The molecular formula is C23H24N4O2S2. The van der Waals surface area contributed by atoms with Gasteiger partial charge in [-0.3, -0.25) is 14.4 Å². The van der Waals surface area contributed by atoms with Gasteiger partial charge in [0.05, 0.1) is 23.9 Å². The lowest BCUT2D eigenvalue weighted by atomic mass is 10.3. The Kier molecular flexibility index (Phi) is 7.22. The zero-order chi connectivity index (χ0) is 21.5. The molecule has 2 aromatic heterocycles. The van der Waals surface area contributed by atoms with Crippen molar-refractivity contribution in [3.8, 4) is 5.75 Å². The maximum absolute atomic E-state index is 13.1. The number of para-hydroxylation sites is 1. The molecule has 160 valence electrons. The summed E-state index contributed by atoms with van der Waals surface area (Å²) in [4.78, 5) is 20.8. The first-order valence-corrected chi connectivity index (χ1v) is 11.9. The zero-order valence-electron chi connectivity index (χ0n) is 17.3. The highest BCUT2D eigenvalue weighted by atomic mass is 32.2. The number of nitrogens with zero attached hydrogens (tertiary/aromatic N) is 4. The highest BCUT2D eigenvalue weighted by Gasteiger charge is 2.19. The lowest BCUT2D eigenvalue weighted by Gasteiger charge is -2.20. The summed E-state index contributed by atoms with van der Waals surface area (Å²) in [5.74, 6) is 1.83. The van der Waals surface area contributed by atoms with Crippen LogP contribution in [0.2, 0.25) is 0 Å². The van der Waals surface area contributed by atoms with Gasteiger partial charge in [-0.25, -0.2) is 4.98 Å². The van der Waals surface area contributed by atoms with Crippen LogP contribution in [0.3, 0.4) is 0 Å². The summed E-state index contributed by atoms with van der Waals surface area (Å²) in [5.41, 5.74) is 0.925. The standard InChI is InChI=1S/C23H24N4O2S2/c1-29-18-9-11-19(12-10-18)30-17-4-8-22(28)27(16-15-26-14-5-13-24-26)23-25-20-6-2-3-7-21(20)31-23/h2-3,5-7,9-14H,4,8,15-17H2,1H3. The summed E-state index contributed by atoms with van der Waals surface area (Å²) in [6, 6.07) is 17.9. The number of fused-ring (bicyclic) bond motifs is 1. The van der Waals surface area contributed by atoms with Crippen molar-refractivity contribution in [2.75, 3.05) is 24.3 Å². The van der Waals surface area contributed by atoms with Gasteiger partial charge in [-0.1, -0.05) is 23.5 Å². The molecule has 0 fully saturated rings. The molecule has 0 spiro atoms. The van der Waals surface area contributed by atoms with Crippen LogP contribution in [-0.4, -0.2) is 40.1 Å². The minimum atomic E-state index is 0.0987. The van der Waals surface area contributed by atoms with Gasteiger partial charge < -0.3 is 4.74 Å². The van der Waals surface area contributed by atoms with Crippen molar-refractivity contribution in [1.82, 2.24) is 14.8 Å². The Morgan fingerprint density at radius 3 is 2.74 bits per heavy atom. The monoisotopic (exact) mass is 452 g/mol. The van der Waals surface area contributed by atoms with E-state index in [1.165, 1.54) is 4.90 Å². The lowest BCUT2D eigenvalue weighted by molar-refractivity contribution is -0.118. The van der Waals surface area contributed by atoms with Crippen molar-refractivity contribution >= 4 is 44.4 Å². The molecule has 1 amide bonds. The number of methoxy groups -OCH3 is 1. The molecule has 0 atom stereocenters. The number of hydrogen-bond acceptors (Lipinski definition) is 6. The van der Waals surface area contributed by atoms with Crippen molar-refractivity contribution in [3.63, 3.8) is 0 Å². The van der Waals surface area contributed by atoms with Gasteiger partial charge in [0, 0.05) is 30.3 Å². The summed E-state index contributed by atoms with van der Waals surface area (Å²) in [7, 11) is 1.66.